The molecule has 1 N–H and O–H groups in total. The number of aromatic nitrogens is 4. The van der Waals surface area contributed by atoms with E-state index in [2.05, 4.69) is 63.7 Å². The number of nitrogens with zero attached hydrogens (tertiary/aromatic N) is 4. The van der Waals surface area contributed by atoms with E-state index < -0.39 is 0 Å². The molecular weight excluding hydrogens is 329 g/mol. The Morgan fingerprint density at radius 2 is 1.82 bits per heavy atom. The fourth-order valence-corrected chi connectivity index (χ4v) is 1.54. The normalized spacial score (nSPS) is 11.5. The molecule has 0 radical (unpaired) electrons. The van der Waals surface area contributed by atoms with Crippen LogP contribution in [0.15, 0.2) is 24.8 Å². The van der Waals surface area contributed by atoms with Gasteiger partial charge in [0.15, 0.2) is 0 Å². The lowest BCUT2D eigenvalue weighted by atomic mass is 10.1. The summed E-state index contributed by atoms with van der Waals surface area (Å²) in [6.07, 6.45) is 7.25. The minimum absolute atomic E-state index is 0.0210. The summed E-state index contributed by atoms with van der Waals surface area (Å²) in [5.74, 6) is 0.582. The van der Waals surface area contributed by atoms with E-state index in [-0.39, 0.29) is 5.54 Å². The molecule has 0 unspecified atom stereocenters. The molecule has 5 nitrogen and oxygen atoms in total. The van der Waals surface area contributed by atoms with Gasteiger partial charge in [-0.1, -0.05) is 0 Å². The van der Waals surface area contributed by atoms with E-state index in [1.807, 2.05) is 10.9 Å². The van der Waals surface area contributed by atoms with E-state index in [9.17, 15) is 0 Å². The first-order valence-corrected chi connectivity index (χ1v) is 6.33. The van der Waals surface area contributed by atoms with Crippen molar-refractivity contribution in [2.45, 2.75) is 26.3 Å². The maximum atomic E-state index is 4.30. The summed E-state index contributed by atoms with van der Waals surface area (Å²) in [6, 6.07) is 0. The highest BCUT2D eigenvalue weighted by Crippen LogP contribution is 2.17. The molecule has 0 spiro atoms. The van der Waals surface area contributed by atoms with Crippen molar-refractivity contribution in [1.29, 1.82) is 0 Å². The highest BCUT2D eigenvalue weighted by molar-refractivity contribution is 14.1. The van der Waals surface area contributed by atoms with Gasteiger partial charge in [0, 0.05) is 22.2 Å². The first-order valence-electron chi connectivity index (χ1n) is 5.25. The van der Waals surface area contributed by atoms with Gasteiger partial charge >= 0.3 is 0 Å². The van der Waals surface area contributed by atoms with Crippen LogP contribution < -0.4 is 5.32 Å². The zero-order valence-electron chi connectivity index (χ0n) is 9.98. The SMILES string of the molecule is CC(C)(C)n1cc(Nc2ncc(I)cn2)cn1. The second-order valence-electron chi connectivity index (χ2n) is 4.69. The Kier molecular flexibility index (Phi) is 3.32. The summed E-state index contributed by atoms with van der Waals surface area (Å²) in [5, 5.41) is 7.41. The van der Waals surface area contributed by atoms with Crippen LogP contribution in [0.5, 0.6) is 0 Å². The van der Waals surface area contributed by atoms with Crippen molar-refractivity contribution in [2.75, 3.05) is 5.32 Å². The molecule has 17 heavy (non-hydrogen) atoms. The minimum Gasteiger partial charge on any atom is -0.321 e. The average molecular weight is 343 g/mol. The molecule has 0 amide bonds. The van der Waals surface area contributed by atoms with Crippen molar-refractivity contribution in [2.24, 2.45) is 0 Å². The van der Waals surface area contributed by atoms with Gasteiger partial charge in [0.25, 0.3) is 0 Å². The molecule has 2 aromatic rings. The average Bonchev–Trinajstić information content (AvgIpc) is 2.69. The predicted molar refractivity (Wildman–Crippen MR) is 75.3 cm³/mol. The molecule has 0 aliphatic rings. The largest absolute Gasteiger partial charge is 0.321 e. The molecular formula is C11H14IN5. The third-order valence-electron chi connectivity index (χ3n) is 2.15. The molecule has 0 aliphatic carbocycles. The summed E-state index contributed by atoms with van der Waals surface area (Å²) in [7, 11) is 0. The summed E-state index contributed by atoms with van der Waals surface area (Å²) >= 11 is 2.17. The topological polar surface area (TPSA) is 55.6 Å². The molecule has 0 atom stereocenters. The van der Waals surface area contributed by atoms with Crippen LogP contribution in [0.25, 0.3) is 0 Å². The summed E-state index contributed by atoms with van der Waals surface area (Å²) in [6.45, 7) is 6.31. The van der Waals surface area contributed by atoms with Gasteiger partial charge in [0.05, 0.1) is 17.4 Å². The molecule has 2 aromatic heterocycles. The molecule has 0 saturated carbocycles. The summed E-state index contributed by atoms with van der Waals surface area (Å²) < 4.78 is 2.92. The Morgan fingerprint density at radius 3 is 2.35 bits per heavy atom. The van der Waals surface area contributed by atoms with Gasteiger partial charge in [-0.05, 0) is 43.4 Å². The molecule has 0 aromatic carbocycles. The van der Waals surface area contributed by atoms with Crippen LogP contribution in [-0.4, -0.2) is 19.7 Å². The fraction of sp³-hybridized carbons (Fsp3) is 0.364. The second kappa shape index (κ2) is 4.59. The van der Waals surface area contributed by atoms with Gasteiger partial charge in [-0.2, -0.15) is 5.10 Å². The van der Waals surface area contributed by atoms with Crippen LogP contribution in [0.2, 0.25) is 0 Å². The van der Waals surface area contributed by atoms with Gasteiger partial charge in [-0.3, -0.25) is 4.68 Å². The maximum absolute atomic E-state index is 4.30. The zero-order chi connectivity index (χ0) is 12.5. The molecule has 0 saturated heterocycles. The molecule has 0 fully saturated rings. The van der Waals surface area contributed by atoms with Crippen molar-refractivity contribution >= 4 is 34.2 Å². The van der Waals surface area contributed by atoms with E-state index in [0.717, 1.165) is 9.26 Å². The number of rotatable bonds is 2. The molecule has 2 rings (SSSR count). The van der Waals surface area contributed by atoms with Gasteiger partial charge < -0.3 is 5.32 Å². The van der Waals surface area contributed by atoms with E-state index in [0.29, 0.717) is 5.95 Å². The van der Waals surface area contributed by atoms with Crippen LogP contribution in [0.1, 0.15) is 20.8 Å². The first kappa shape index (κ1) is 12.3. The molecule has 6 heteroatoms. The van der Waals surface area contributed by atoms with E-state index in [1.54, 1.807) is 18.6 Å². The summed E-state index contributed by atoms with van der Waals surface area (Å²) in [4.78, 5) is 8.36. The number of nitrogens with one attached hydrogen (secondary N) is 1. The predicted octanol–water partition coefficient (Wildman–Crippen LogP) is 2.78. The lowest BCUT2D eigenvalue weighted by Crippen LogP contribution is -2.21. The van der Waals surface area contributed by atoms with Crippen molar-refractivity contribution in [3.63, 3.8) is 0 Å². The van der Waals surface area contributed by atoms with E-state index >= 15 is 0 Å². The fourth-order valence-electron chi connectivity index (χ4n) is 1.26. The number of hydrogen-bond acceptors (Lipinski definition) is 4. The van der Waals surface area contributed by atoms with Gasteiger partial charge in [0.2, 0.25) is 5.95 Å². The van der Waals surface area contributed by atoms with Crippen LogP contribution >= 0.6 is 22.6 Å². The Bertz CT molecular complexity index is 497. The molecule has 0 bridgehead atoms. The quantitative estimate of drug-likeness (QED) is 0.852. The highest BCUT2D eigenvalue weighted by Gasteiger charge is 2.14. The lowest BCUT2D eigenvalue weighted by Gasteiger charge is -2.18. The van der Waals surface area contributed by atoms with Crippen molar-refractivity contribution in [3.05, 3.63) is 28.4 Å². The van der Waals surface area contributed by atoms with E-state index in [4.69, 9.17) is 0 Å². The van der Waals surface area contributed by atoms with Gasteiger partial charge in [0.1, 0.15) is 0 Å². The monoisotopic (exact) mass is 343 g/mol. The number of halogens is 1. The molecule has 0 aliphatic heterocycles. The maximum Gasteiger partial charge on any atom is 0.227 e. The summed E-state index contributed by atoms with van der Waals surface area (Å²) in [5.41, 5.74) is 0.869. The Morgan fingerprint density at radius 1 is 1.18 bits per heavy atom. The van der Waals surface area contributed by atoms with Crippen molar-refractivity contribution in [1.82, 2.24) is 19.7 Å². The Balaban J connectivity index is 2.14. The Hall–Kier alpha value is -1.18. The standard InChI is InChI=1S/C11H14IN5/c1-11(2,3)17-7-9(6-15-17)16-10-13-4-8(12)5-14-10/h4-7H,1-3H3,(H,13,14,16). The Labute approximate surface area is 114 Å². The van der Waals surface area contributed by atoms with Crippen molar-refractivity contribution in [3.8, 4) is 0 Å². The smallest absolute Gasteiger partial charge is 0.227 e. The zero-order valence-corrected chi connectivity index (χ0v) is 12.1. The second-order valence-corrected chi connectivity index (χ2v) is 5.94. The van der Waals surface area contributed by atoms with Gasteiger partial charge in [-0.15, -0.1) is 0 Å². The van der Waals surface area contributed by atoms with Crippen molar-refractivity contribution < 1.29 is 0 Å². The van der Waals surface area contributed by atoms with Crippen LogP contribution in [0.3, 0.4) is 0 Å². The van der Waals surface area contributed by atoms with Crippen LogP contribution in [-0.2, 0) is 5.54 Å². The lowest BCUT2D eigenvalue weighted by molar-refractivity contribution is 0.355. The first-order chi connectivity index (χ1) is 7.95. The number of anilines is 2. The van der Waals surface area contributed by atoms with Crippen LogP contribution in [0.4, 0.5) is 11.6 Å². The molecule has 2 heterocycles. The number of hydrogen-bond donors (Lipinski definition) is 1. The highest BCUT2D eigenvalue weighted by atomic mass is 127. The molecule has 90 valence electrons. The van der Waals surface area contributed by atoms with E-state index in [1.165, 1.54) is 0 Å². The van der Waals surface area contributed by atoms with Gasteiger partial charge in [-0.25, -0.2) is 9.97 Å². The van der Waals surface area contributed by atoms with Crippen LogP contribution in [0, 0.1) is 3.57 Å². The third kappa shape index (κ3) is 3.15. The minimum atomic E-state index is -0.0210. The third-order valence-corrected chi connectivity index (χ3v) is 2.70.